The molecule has 0 heterocycles. The van der Waals surface area contributed by atoms with Crippen molar-refractivity contribution < 1.29 is 5.11 Å². The summed E-state index contributed by atoms with van der Waals surface area (Å²) in [7, 11) is 0. The lowest BCUT2D eigenvalue weighted by Crippen LogP contribution is -2.16. The number of aromatic hydroxyl groups is 1. The maximum atomic E-state index is 9.72. The fourth-order valence-corrected chi connectivity index (χ4v) is 1.87. The van der Waals surface area contributed by atoms with Crippen LogP contribution in [0, 0.1) is 0 Å². The van der Waals surface area contributed by atoms with Crippen molar-refractivity contribution >= 4 is 39.9 Å². The number of benzene rings is 1. The molecule has 0 amide bonds. The van der Waals surface area contributed by atoms with Crippen LogP contribution in [0.15, 0.2) is 16.6 Å². The Morgan fingerprint density at radius 1 is 1.47 bits per heavy atom. The molecule has 0 saturated carbocycles. The van der Waals surface area contributed by atoms with Crippen LogP contribution in [-0.4, -0.2) is 11.7 Å². The Balaban J connectivity index is 0.00000196. The monoisotopic (exact) mass is 314 g/mol. The summed E-state index contributed by atoms with van der Waals surface area (Å²) in [6, 6.07) is 3.04. The lowest BCUT2D eigenvalue weighted by Gasteiger charge is -2.15. The van der Waals surface area contributed by atoms with Gasteiger partial charge in [-0.1, -0.05) is 11.6 Å². The summed E-state index contributed by atoms with van der Waals surface area (Å²) in [6.45, 7) is 0.462. The van der Waals surface area contributed by atoms with E-state index in [-0.39, 0.29) is 24.2 Å². The topological polar surface area (TPSA) is 72.3 Å². The van der Waals surface area contributed by atoms with Crippen LogP contribution in [0.1, 0.15) is 18.0 Å². The third-order valence-electron chi connectivity index (χ3n) is 1.96. The van der Waals surface area contributed by atoms with Gasteiger partial charge in [-0.25, -0.2) is 0 Å². The highest BCUT2D eigenvalue weighted by atomic mass is 79.9. The Morgan fingerprint density at radius 2 is 2.07 bits per heavy atom. The van der Waals surface area contributed by atoms with Gasteiger partial charge in [-0.2, -0.15) is 0 Å². The molecule has 1 rings (SSSR count). The van der Waals surface area contributed by atoms with Crippen molar-refractivity contribution in [3.05, 3.63) is 27.2 Å². The lowest BCUT2D eigenvalue weighted by atomic mass is 10.0. The van der Waals surface area contributed by atoms with Gasteiger partial charge in [0.2, 0.25) is 0 Å². The minimum absolute atomic E-state index is 0. The number of phenols is 1. The average molecular weight is 316 g/mol. The van der Waals surface area contributed by atoms with E-state index in [4.69, 9.17) is 23.1 Å². The molecular weight excluding hydrogens is 303 g/mol. The third-order valence-corrected chi connectivity index (χ3v) is 2.93. The summed E-state index contributed by atoms with van der Waals surface area (Å²) < 4.78 is 0.587. The fraction of sp³-hybridized carbons (Fsp3) is 0.333. The normalized spacial score (nSPS) is 12.0. The van der Waals surface area contributed by atoms with Crippen molar-refractivity contribution in [3.8, 4) is 5.75 Å². The second-order valence-corrected chi connectivity index (χ2v) is 4.24. The molecule has 0 bridgehead atoms. The molecule has 86 valence electrons. The predicted octanol–water partition coefficient (Wildman–Crippen LogP) is 2.58. The van der Waals surface area contributed by atoms with Crippen molar-refractivity contribution in [2.45, 2.75) is 12.5 Å². The Bertz CT molecular complexity index is 336. The Morgan fingerprint density at radius 3 is 2.60 bits per heavy atom. The molecule has 0 saturated heterocycles. The molecule has 1 aromatic rings. The van der Waals surface area contributed by atoms with Crippen LogP contribution in [0.3, 0.4) is 0 Å². The molecule has 5 N–H and O–H groups in total. The molecule has 0 radical (unpaired) electrons. The highest BCUT2D eigenvalue weighted by molar-refractivity contribution is 9.10. The van der Waals surface area contributed by atoms with E-state index in [0.29, 0.717) is 28.0 Å². The first-order chi connectivity index (χ1) is 6.57. The van der Waals surface area contributed by atoms with Gasteiger partial charge in [0.25, 0.3) is 0 Å². The first kappa shape index (κ1) is 15.0. The average Bonchev–Trinajstić information content (AvgIpc) is 2.13. The molecule has 3 nitrogen and oxygen atoms in total. The summed E-state index contributed by atoms with van der Waals surface area (Å²) in [5.74, 6) is 0.0958. The molecule has 0 spiro atoms. The van der Waals surface area contributed by atoms with E-state index in [1.54, 1.807) is 12.1 Å². The Hall–Kier alpha value is -0.000000000000000111. The molecule has 1 aromatic carbocycles. The Labute approximate surface area is 108 Å². The van der Waals surface area contributed by atoms with Crippen molar-refractivity contribution in [3.63, 3.8) is 0 Å². The van der Waals surface area contributed by atoms with Crippen LogP contribution >= 0.6 is 39.9 Å². The molecule has 0 unspecified atom stereocenters. The third kappa shape index (κ3) is 3.50. The van der Waals surface area contributed by atoms with E-state index in [1.807, 2.05) is 0 Å². The number of hydrogen-bond acceptors (Lipinski definition) is 3. The second kappa shape index (κ2) is 6.55. The zero-order valence-corrected chi connectivity index (χ0v) is 11.1. The number of phenolic OH excluding ortho intramolecular Hbond substituents is 1. The van der Waals surface area contributed by atoms with Crippen LogP contribution in [-0.2, 0) is 0 Å². The van der Waals surface area contributed by atoms with Crippen molar-refractivity contribution in [1.29, 1.82) is 0 Å². The van der Waals surface area contributed by atoms with E-state index < -0.39 is 0 Å². The van der Waals surface area contributed by atoms with E-state index in [9.17, 15) is 5.11 Å². The minimum atomic E-state index is -0.329. The highest BCUT2D eigenvalue weighted by Crippen LogP contribution is 2.37. The van der Waals surface area contributed by atoms with E-state index in [0.717, 1.165) is 0 Å². The van der Waals surface area contributed by atoms with Crippen LogP contribution in [0.5, 0.6) is 5.75 Å². The number of hydrogen-bond donors (Lipinski definition) is 3. The molecular formula is C9H13BrCl2N2O. The van der Waals surface area contributed by atoms with Crippen LogP contribution < -0.4 is 11.5 Å². The molecule has 0 aliphatic carbocycles. The Kier molecular flexibility index (Phi) is 6.55. The summed E-state index contributed by atoms with van der Waals surface area (Å²) in [5.41, 5.74) is 11.8. The second-order valence-electron chi connectivity index (χ2n) is 2.98. The number of nitrogens with two attached hydrogens (primary N) is 2. The van der Waals surface area contributed by atoms with Crippen molar-refractivity contribution in [2.24, 2.45) is 11.5 Å². The molecule has 0 aliphatic rings. The summed E-state index contributed by atoms with van der Waals surface area (Å²) >= 11 is 9.13. The first-order valence-corrected chi connectivity index (χ1v) is 5.37. The molecule has 0 aliphatic heterocycles. The van der Waals surface area contributed by atoms with E-state index >= 15 is 0 Å². The largest absolute Gasteiger partial charge is 0.506 e. The molecule has 1 atom stereocenters. The molecule has 0 aromatic heterocycles. The minimum Gasteiger partial charge on any atom is -0.506 e. The number of rotatable bonds is 3. The molecule has 0 fully saturated rings. The van der Waals surface area contributed by atoms with Gasteiger partial charge in [0, 0.05) is 16.6 Å². The summed E-state index contributed by atoms with van der Waals surface area (Å²) in [5, 5.41) is 10.2. The van der Waals surface area contributed by atoms with Crippen molar-refractivity contribution in [1.82, 2.24) is 0 Å². The predicted molar refractivity (Wildman–Crippen MR) is 68.7 cm³/mol. The van der Waals surface area contributed by atoms with E-state index in [2.05, 4.69) is 15.9 Å². The van der Waals surface area contributed by atoms with E-state index in [1.165, 1.54) is 0 Å². The quantitative estimate of drug-likeness (QED) is 0.802. The lowest BCUT2D eigenvalue weighted by molar-refractivity contribution is 0.456. The van der Waals surface area contributed by atoms with Gasteiger partial charge in [-0.3, -0.25) is 0 Å². The van der Waals surface area contributed by atoms with Crippen LogP contribution in [0.25, 0.3) is 0 Å². The smallest absolute Gasteiger partial charge is 0.136 e. The van der Waals surface area contributed by atoms with Gasteiger partial charge in [0.1, 0.15) is 5.75 Å². The van der Waals surface area contributed by atoms with Gasteiger partial charge in [-0.15, -0.1) is 12.4 Å². The van der Waals surface area contributed by atoms with Gasteiger partial charge in [-0.05, 0) is 41.0 Å². The zero-order chi connectivity index (χ0) is 10.7. The summed E-state index contributed by atoms with van der Waals surface area (Å²) in [4.78, 5) is 0. The fourth-order valence-electron chi connectivity index (χ4n) is 1.23. The molecule has 6 heteroatoms. The van der Waals surface area contributed by atoms with Gasteiger partial charge in [0.05, 0.1) is 4.47 Å². The van der Waals surface area contributed by atoms with Crippen molar-refractivity contribution in [2.75, 3.05) is 6.54 Å². The molecule has 15 heavy (non-hydrogen) atoms. The SMILES string of the molecule is Cl.NCC[C@@H](N)c1c(Cl)ccc(Br)c1O. The maximum absolute atomic E-state index is 9.72. The maximum Gasteiger partial charge on any atom is 0.136 e. The number of halogens is 3. The first-order valence-electron chi connectivity index (χ1n) is 4.20. The summed E-state index contributed by atoms with van der Waals surface area (Å²) in [6.07, 6.45) is 0.587. The highest BCUT2D eigenvalue weighted by Gasteiger charge is 2.16. The zero-order valence-electron chi connectivity index (χ0n) is 7.91. The van der Waals surface area contributed by atoms with Crippen LogP contribution in [0.2, 0.25) is 5.02 Å². The van der Waals surface area contributed by atoms with Gasteiger partial charge >= 0.3 is 0 Å². The van der Waals surface area contributed by atoms with Gasteiger partial charge in [0.15, 0.2) is 0 Å². The van der Waals surface area contributed by atoms with Gasteiger partial charge < -0.3 is 16.6 Å². The standard InChI is InChI=1S/C9H12BrClN2O.ClH/c10-5-1-2-6(11)8(9(5)14)7(13)3-4-12;/h1-2,7,14H,3-4,12-13H2;1H/t7-;/m1./s1. The van der Waals surface area contributed by atoms with Crippen LogP contribution in [0.4, 0.5) is 0 Å².